The van der Waals surface area contributed by atoms with E-state index in [1.807, 2.05) is 6.07 Å². The summed E-state index contributed by atoms with van der Waals surface area (Å²) in [6.45, 7) is 9.28. The Balaban J connectivity index is 2.19. The summed E-state index contributed by atoms with van der Waals surface area (Å²) in [5.74, 6) is -0.348. The number of nitrogens with zero attached hydrogens (tertiary/aromatic N) is 1. The summed E-state index contributed by atoms with van der Waals surface area (Å²) in [6.07, 6.45) is 1.11. The Morgan fingerprint density at radius 3 is 2.61 bits per heavy atom. The van der Waals surface area contributed by atoms with Gasteiger partial charge in [0, 0.05) is 6.54 Å². The van der Waals surface area contributed by atoms with Crippen LogP contribution in [0.1, 0.15) is 25.8 Å². The topological polar surface area (TPSA) is 15.3 Å². The van der Waals surface area contributed by atoms with E-state index >= 15 is 0 Å². The molecule has 0 aromatic heterocycles. The second kappa shape index (κ2) is 8.46. The Morgan fingerprint density at radius 2 is 2.00 bits per heavy atom. The molecule has 1 aromatic carbocycles. The van der Waals surface area contributed by atoms with Gasteiger partial charge in [0.25, 0.3) is 0 Å². The van der Waals surface area contributed by atoms with Gasteiger partial charge in [0.15, 0.2) is 0 Å². The fourth-order valence-electron chi connectivity index (χ4n) is 1.85. The van der Waals surface area contributed by atoms with Crippen LogP contribution in [0, 0.1) is 5.82 Å². The van der Waals surface area contributed by atoms with Crippen molar-refractivity contribution in [2.45, 2.75) is 26.8 Å². The van der Waals surface area contributed by atoms with Crippen molar-refractivity contribution in [2.24, 2.45) is 0 Å². The average Bonchev–Trinajstić information content (AvgIpc) is 2.38. The lowest BCUT2D eigenvalue weighted by Crippen LogP contribution is -2.27. The van der Waals surface area contributed by atoms with Crippen molar-refractivity contribution >= 4 is 11.6 Å². The largest absolute Gasteiger partial charge is 0.313 e. The second-order valence-corrected chi connectivity index (χ2v) is 4.71. The standard InChI is InChI=1S/C14H22ClFN2/c1-3-18(4-2)9-5-8-17-11-12-6-7-13(15)14(16)10-12/h6-7,10,17H,3-5,8-9,11H2,1-2H3. The molecule has 0 amide bonds. The Labute approximate surface area is 114 Å². The predicted octanol–water partition coefficient (Wildman–Crippen LogP) is 3.30. The van der Waals surface area contributed by atoms with E-state index in [1.54, 1.807) is 6.07 Å². The first-order valence-corrected chi connectivity index (χ1v) is 6.92. The Morgan fingerprint density at radius 1 is 1.28 bits per heavy atom. The lowest BCUT2D eigenvalue weighted by molar-refractivity contribution is 0.298. The fraction of sp³-hybridized carbons (Fsp3) is 0.571. The molecule has 0 unspecified atom stereocenters. The lowest BCUT2D eigenvalue weighted by Gasteiger charge is -2.17. The second-order valence-electron chi connectivity index (χ2n) is 4.31. The van der Waals surface area contributed by atoms with E-state index in [-0.39, 0.29) is 10.8 Å². The summed E-state index contributed by atoms with van der Waals surface area (Å²) < 4.78 is 13.2. The molecular weight excluding hydrogens is 251 g/mol. The van der Waals surface area contributed by atoms with Crippen LogP contribution in [0.2, 0.25) is 5.02 Å². The minimum Gasteiger partial charge on any atom is -0.313 e. The molecule has 1 N–H and O–H groups in total. The summed E-state index contributed by atoms with van der Waals surface area (Å²) in [5, 5.41) is 3.50. The van der Waals surface area contributed by atoms with Crippen molar-refractivity contribution in [1.82, 2.24) is 10.2 Å². The highest BCUT2D eigenvalue weighted by atomic mass is 35.5. The van der Waals surface area contributed by atoms with Gasteiger partial charge in [0.1, 0.15) is 5.82 Å². The van der Waals surface area contributed by atoms with E-state index in [2.05, 4.69) is 24.1 Å². The summed E-state index contributed by atoms with van der Waals surface area (Å²) in [5.41, 5.74) is 0.930. The van der Waals surface area contributed by atoms with Gasteiger partial charge in [0.05, 0.1) is 5.02 Å². The van der Waals surface area contributed by atoms with E-state index in [9.17, 15) is 4.39 Å². The molecule has 102 valence electrons. The Bertz CT molecular complexity index is 354. The van der Waals surface area contributed by atoms with Crippen molar-refractivity contribution in [1.29, 1.82) is 0 Å². The molecule has 0 heterocycles. The zero-order valence-corrected chi connectivity index (χ0v) is 11.9. The van der Waals surface area contributed by atoms with E-state index in [1.165, 1.54) is 6.07 Å². The van der Waals surface area contributed by atoms with Crippen LogP contribution in [-0.4, -0.2) is 31.1 Å². The maximum Gasteiger partial charge on any atom is 0.142 e. The molecule has 0 saturated carbocycles. The molecule has 0 aliphatic carbocycles. The summed E-state index contributed by atoms with van der Waals surface area (Å²) in [7, 11) is 0. The molecule has 1 rings (SSSR count). The average molecular weight is 273 g/mol. The smallest absolute Gasteiger partial charge is 0.142 e. The van der Waals surface area contributed by atoms with Gasteiger partial charge in [-0.3, -0.25) is 0 Å². The number of benzene rings is 1. The SMILES string of the molecule is CCN(CC)CCCNCc1ccc(Cl)c(F)c1. The first-order chi connectivity index (χ1) is 8.67. The van der Waals surface area contributed by atoms with E-state index in [0.29, 0.717) is 6.54 Å². The predicted molar refractivity (Wildman–Crippen MR) is 75.5 cm³/mol. The number of halogens is 2. The molecular formula is C14H22ClFN2. The third-order valence-electron chi connectivity index (χ3n) is 3.04. The maximum atomic E-state index is 13.2. The molecule has 0 aliphatic rings. The van der Waals surface area contributed by atoms with Crippen LogP contribution in [0.25, 0.3) is 0 Å². The zero-order valence-electron chi connectivity index (χ0n) is 11.2. The van der Waals surface area contributed by atoms with E-state index in [0.717, 1.165) is 38.2 Å². The molecule has 0 radical (unpaired) electrons. The van der Waals surface area contributed by atoms with Crippen LogP contribution in [0.3, 0.4) is 0 Å². The number of hydrogen-bond acceptors (Lipinski definition) is 2. The third-order valence-corrected chi connectivity index (χ3v) is 3.34. The molecule has 0 atom stereocenters. The summed E-state index contributed by atoms with van der Waals surface area (Å²) in [6, 6.07) is 4.94. The highest BCUT2D eigenvalue weighted by Gasteiger charge is 2.01. The van der Waals surface area contributed by atoms with E-state index < -0.39 is 0 Å². The van der Waals surface area contributed by atoms with Crippen LogP contribution in [0.15, 0.2) is 18.2 Å². The minimum atomic E-state index is -0.348. The maximum absolute atomic E-state index is 13.2. The van der Waals surface area contributed by atoms with Crippen LogP contribution < -0.4 is 5.32 Å². The number of hydrogen-bond donors (Lipinski definition) is 1. The van der Waals surface area contributed by atoms with Crippen molar-refractivity contribution in [2.75, 3.05) is 26.2 Å². The summed E-state index contributed by atoms with van der Waals surface area (Å²) >= 11 is 5.63. The molecule has 18 heavy (non-hydrogen) atoms. The fourth-order valence-corrected chi connectivity index (χ4v) is 1.97. The quantitative estimate of drug-likeness (QED) is 0.731. The highest BCUT2D eigenvalue weighted by Crippen LogP contribution is 2.15. The van der Waals surface area contributed by atoms with Crippen LogP contribution in [0.5, 0.6) is 0 Å². The molecule has 0 fully saturated rings. The molecule has 2 nitrogen and oxygen atoms in total. The normalized spacial score (nSPS) is 11.2. The Kier molecular flexibility index (Phi) is 7.25. The van der Waals surface area contributed by atoms with E-state index in [4.69, 9.17) is 11.6 Å². The molecule has 1 aromatic rings. The molecule has 0 saturated heterocycles. The molecule has 4 heteroatoms. The number of rotatable bonds is 8. The number of nitrogens with one attached hydrogen (secondary N) is 1. The van der Waals surface area contributed by atoms with Gasteiger partial charge in [-0.15, -0.1) is 0 Å². The van der Waals surface area contributed by atoms with Gasteiger partial charge in [-0.1, -0.05) is 31.5 Å². The summed E-state index contributed by atoms with van der Waals surface area (Å²) in [4.78, 5) is 2.39. The van der Waals surface area contributed by atoms with Crippen molar-refractivity contribution in [3.05, 3.63) is 34.6 Å². The van der Waals surface area contributed by atoms with Gasteiger partial charge in [-0.2, -0.15) is 0 Å². The first kappa shape index (κ1) is 15.4. The molecule has 0 bridgehead atoms. The van der Waals surface area contributed by atoms with Crippen LogP contribution in [0.4, 0.5) is 4.39 Å². The van der Waals surface area contributed by atoms with Crippen LogP contribution in [-0.2, 0) is 6.54 Å². The zero-order chi connectivity index (χ0) is 13.4. The first-order valence-electron chi connectivity index (χ1n) is 6.54. The lowest BCUT2D eigenvalue weighted by atomic mass is 10.2. The molecule has 0 spiro atoms. The Hall–Kier alpha value is -0.640. The molecule has 0 aliphatic heterocycles. The third kappa shape index (κ3) is 5.34. The van der Waals surface area contributed by atoms with Crippen molar-refractivity contribution in [3.8, 4) is 0 Å². The van der Waals surface area contributed by atoms with Gasteiger partial charge in [-0.05, 0) is 50.3 Å². The van der Waals surface area contributed by atoms with Gasteiger partial charge < -0.3 is 10.2 Å². The van der Waals surface area contributed by atoms with Crippen molar-refractivity contribution < 1.29 is 4.39 Å². The van der Waals surface area contributed by atoms with Crippen LogP contribution >= 0.6 is 11.6 Å². The van der Waals surface area contributed by atoms with Crippen molar-refractivity contribution in [3.63, 3.8) is 0 Å². The monoisotopic (exact) mass is 272 g/mol. The van der Waals surface area contributed by atoms with Gasteiger partial charge in [0.2, 0.25) is 0 Å². The van der Waals surface area contributed by atoms with Gasteiger partial charge >= 0.3 is 0 Å². The highest BCUT2D eigenvalue weighted by molar-refractivity contribution is 6.30. The minimum absolute atomic E-state index is 0.181. The van der Waals surface area contributed by atoms with Gasteiger partial charge in [-0.25, -0.2) is 4.39 Å².